The number of carbonyl (C=O) groups is 2. The minimum atomic E-state index is -0.581. The van der Waals surface area contributed by atoms with E-state index in [1.165, 1.54) is 11.4 Å². The summed E-state index contributed by atoms with van der Waals surface area (Å²) in [6.45, 7) is 3.99. The first-order valence-electron chi connectivity index (χ1n) is 13.5. The highest BCUT2D eigenvalue weighted by Gasteiger charge is 2.38. The summed E-state index contributed by atoms with van der Waals surface area (Å²) in [5, 5.41) is 9.18. The molecule has 2 aliphatic carbocycles. The van der Waals surface area contributed by atoms with Crippen LogP contribution in [0.1, 0.15) is 95.4 Å². The first kappa shape index (κ1) is 25.9. The summed E-state index contributed by atoms with van der Waals surface area (Å²) >= 11 is 0. The van der Waals surface area contributed by atoms with Crippen molar-refractivity contribution in [1.29, 1.82) is 0 Å². The molecule has 0 radical (unpaired) electrons. The normalized spacial score (nSPS) is 21.3. The van der Waals surface area contributed by atoms with E-state index in [0.717, 1.165) is 69.9 Å². The number of hydrogen-bond donors (Lipinski definition) is 1. The number of esters is 1. The third kappa shape index (κ3) is 5.63. The number of nitrogens with zero attached hydrogens (tertiary/aromatic N) is 3. The van der Waals surface area contributed by atoms with E-state index in [4.69, 9.17) is 4.74 Å². The summed E-state index contributed by atoms with van der Waals surface area (Å²) in [6, 6.07) is 0.276. The second-order valence-electron chi connectivity index (χ2n) is 9.76. The van der Waals surface area contributed by atoms with Crippen molar-refractivity contribution in [2.45, 2.75) is 96.6 Å². The molecule has 0 aromatic carbocycles. The van der Waals surface area contributed by atoms with Gasteiger partial charge in [-0.2, -0.15) is 5.10 Å². The lowest BCUT2D eigenvalue weighted by Crippen LogP contribution is -2.35. The SMILES string of the molecule is CCOC(=O)C1=NN(C2CCCCC2)C(=O)C1=CC=CC=Cc1c(CC)[nH]n(C2CCCCC2)c1=O. The molecule has 8 nitrogen and oxygen atoms in total. The molecule has 0 bridgehead atoms. The van der Waals surface area contributed by atoms with Gasteiger partial charge >= 0.3 is 5.97 Å². The average Bonchev–Trinajstić information content (AvgIpc) is 3.41. The van der Waals surface area contributed by atoms with E-state index < -0.39 is 5.97 Å². The monoisotopic (exact) mass is 494 g/mol. The Balaban J connectivity index is 1.51. The van der Waals surface area contributed by atoms with Crippen LogP contribution in [0.4, 0.5) is 0 Å². The van der Waals surface area contributed by atoms with E-state index in [1.54, 1.807) is 31.2 Å². The lowest BCUT2D eigenvalue weighted by molar-refractivity contribution is -0.135. The van der Waals surface area contributed by atoms with Gasteiger partial charge in [0, 0.05) is 5.69 Å². The number of nitrogens with one attached hydrogen (secondary N) is 1. The first-order chi connectivity index (χ1) is 17.5. The van der Waals surface area contributed by atoms with Gasteiger partial charge in [-0.25, -0.2) is 14.5 Å². The molecular weight excluding hydrogens is 456 g/mol. The average molecular weight is 495 g/mol. The van der Waals surface area contributed by atoms with Gasteiger partial charge in [0.2, 0.25) is 0 Å². The minimum Gasteiger partial charge on any atom is -0.461 e. The number of aromatic nitrogens is 2. The molecule has 36 heavy (non-hydrogen) atoms. The van der Waals surface area contributed by atoms with Crippen LogP contribution in [0.3, 0.4) is 0 Å². The van der Waals surface area contributed by atoms with Crippen LogP contribution in [0.2, 0.25) is 0 Å². The molecule has 1 amide bonds. The fourth-order valence-electron chi connectivity index (χ4n) is 5.43. The van der Waals surface area contributed by atoms with Gasteiger partial charge in [0.1, 0.15) is 0 Å². The van der Waals surface area contributed by atoms with E-state index in [9.17, 15) is 14.4 Å². The van der Waals surface area contributed by atoms with Crippen molar-refractivity contribution in [2.24, 2.45) is 5.10 Å². The van der Waals surface area contributed by atoms with E-state index in [2.05, 4.69) is 10.2 Å². The Morgan fingerprint density at radius 2 is 1.64 bits per heavy atom. The molecule has 2 heterocycles. The van der Waals surface area contributed by atoms with Crippen LogP contribution in [-0.4, -0.2) is 45.0 Å². The van der Waals surface area contributed by atoms with Crippen molar-refractivity contribution >= 4 is 23.7 Å². The van der Waals surface area contributed by atoms with Crippen LogP contribution in [0.15, 0.2) is 39.8 Å². The van der Waals surface area contributed by atoms with Crippen molar-refractivity contribution in [3.05, 3.63) is 51.5 Å². The zero-order valence-corrected chi connectivity index (χ0v) is 21.5. The van der Waals surface area contributed by atoms with Crippen LogP contribution in [0, 0.1) is 0 Å². The third-order valence-electron chi connectivity index (χ3n) is 7.36. The maximum Gasteiger partial charge on any atom is 0.359 e. The molecule has 2 saturated carbocycles. The highest BCUT2D eigenvalue weighted by molar-refractivity contribution is 6.51. The molecule has 1 aromatic rings. The molecule has 2 fully saturated rings. The number of rotatable bonds is 8. The van der Waals surface area contributed by atoms with Gasteiger partial charge in [-0.05, 0) is 51.2 Å². The first-order valence-corrected chi connectivity index (χ1v) is 13.5. The number of aromatic amines is 1. The van der Waals surface area contributed by atoms with Crippen molar-refractivity contribution in [3.63, 3.8) is 0 Å². The zero-order valence-electron chi connectivity index (χ0n) is 21.5. The molecule has 0 unspecified atom stereocenters. The fraction of sp³-hybridized carbons (Fsp3) is 0.571. The Morgan fingerprint density at radius 1 is 0.972 bits per heavy atom. The number of hydrazone groups is 1. The topological polar surface area (TPSA) is 96.8 Å². The van der Waals surface area contributed by atoms with Crippen molar-refractivity contribution in [1.82, 2.24) is 14.8 Å². The Bertz CT molecular complexity index is 1120. The second-order valence-corrected chi connectivity index (χ2v) is 9.76. The smallest absolute Gasteiger partial charge is 0.359 e. The molecule has 8 heteroatoms. The molecule has 0 saturated heterocycles. The van der Waals surface area contributed by atoms with Gasteiger partial charge in [-0.3, -0.25) is 14.7 Å². The number of allylic oxidation sites excluding steroid dienone is 4. The predicted molar refractivity (Wildman–Crippen MR) is 141 cm³/mol. The maximum atomic E-state index is 13.1. The molecular formula is C28H38N4O4. The number of aryl methyl sites for hydroxylation is 1. The summed E-state index contributed by atoms with van der Waals surface area (Å²) in [6.07, 6.45) is 20.2. The Kier molecular flexibility index (Phi) is 8.78. The Labute approximate surface area is 212 Å². The van der Waals surface area contributed by atoms with Gasteiger partial charge in [0.15, 0.2) is 5.71 Å². The molecule has 4 rings (SSSR count). The summed E-state index contributed by atoms with van der Waals surface area (Å²) in [5.74, 6) is -0.838. The lowest BCUT2D eigenvalue weighted by Gasteiger charge is -2.27. The van der Waals surface area contributed by atoms with E-state index in [-0.39, 0.29) is 41.4 Å². The quantitative estimate of drug-likeness (QED) is 0.318. The highest BCUT2D eigenvalue weighted by Crippen LogP contribution is 2.29. The van der Waals surface area contributed by atoms with Crippen molar-refractivity contribution < 1.29 is 14.3 Å². The number of H-pyrrole nitrogens is 1. The number of ether oxygens (including phenoxy) is 1. The number of carbonyl (C=O) groups excluding carboxylic acids is 2. The molecule has 1 aliphatic heterocycles. The van der Waals surface area contributed by atoms with E-state index >= 15 is 0 Å². The van der Waals surface area contributed by atoms with Crippen molar-refractivity contribution in [3.8, 4) is 0 Å². The van der Waals surface area contributed by atoms with Gasteiger partial charge in [-0.1, -0.05) is 63.7 Å². The van der Waals surface area contributed by atoms with Crippen LogP contribution in [0.25, 0.3) is 6.08 Å². The predicted octanol–water partition coefficient (Wildman–Crippen LogP) is 4.83. The summed E-state index contributed by atoms with van der Waals surface area (Å²) in [4.78, 5) is 38.7. The van der Waals surface area contributed by atoms with Crippen molar-refractivity contribution in [2.75, 3.05) is 6.61 Å². The van der Waals surface area contributed by atoms with Crippen LogP contribution in [0.5, 0.6) is 0 Å². The molecule has 0 spiro atoms. The van der Waals surface area contributed by atoms with Crippen LogP contribution < -0.4 is 5.56 Å². The van der Waals surface area contributed by atoms with Gasteiger partial charge in [-0.15, -0.1) is 0 Å². The van der Waals surface area contributed by atoms with Gasteiger partial charge in [0.25, 0.3) is 11.5 Å². The Hall–Kier alpha value is -3.16. The number of amides is 1. The van der Waals surface area contributed by atoms with Gasteiger partial charge in [0.05, 0.1) is 29.8 Å². The number of hydrogen-bond acceptors (Lipinski definition) is 5. The molecule has 1 aromatic heterocycles. The zero-order chi connectivity index (χ0) is 25.5. The van der Waals surface area contributed by atoms with E-state index in [0.29, 0.717) is 5.56 Å². The lowest BCUT2D eigenvalue weighted by atomic mass is 9.95. The maximum absolute atomic E-state index is 13.1. The summed E-state index contributed by atoms with van der Waals surface area (Å²) in [5.41, 5.74) is 1.94. The minimum absolute atomic E-state index is 0.0209. The summed E-state index contributed by atoms with van der Waals surface area (Å²) in [7, 11) is 0. The standard InChI is InChI=1S/C28H38N4O4/c1-3-24-22(26(33)31(29-24)20-14-8-5-9-15-20)18-12-7-13-19-23-25(28(35)36-4-2)30-32(27(23)34)21-16-10-6-11-17-21/h7,12-13,18-21,29H,3-6,8-11,14-17H2,1-2H3. The van der Waals surface area contributed by atoms with Gasteiger partial charge < -0.3 is 4.74 Å². The van der Waals surface area contributed by atoms with Crippen LogP contribution >= 0.6 is 0 Å². The fourth-order valence-corrected chi connectivity index (χ4v) is 5.43. The molecule has 194 valence electrons. The molecule has 3 aliphatic rings. The highest BCUT2D eigenvalue weighted by atomic mass is 16.5. The molecule has 0 atom stereocenters. The Morgan fingerprint density at radius 3 is 2.28 bits per heavy atom. The second kappa shape index (κ2) is 12.2. The summed E-state index contributed by atoms with van der Waals surface area (Å²) < 4.78 is 6.96. The van der Waals surface area contributed by atoms with Crippen LogP contribution in [-0.2, 0) is 20.7 Å². The third-order valence-corrected chi connectivity index (χ3v) is 7.36. The van der Waals surface area contributed by atoms with E-state index in [1.807, 2.05) is 17.7 Å². The molecule has 1 N–H and O–H groups in total. The largest absolute Gasteiger partial charge is 0.461 e.